The van der Waals surface area contributed by atoms with Gasteiger partial charge in [-0.15, -0.1) is 0 Å². The van der Waals surface area contributed by atoms with E-state index in [2.05, 4.69) is 9.97 Å². The number of anilines is 1. The SMILES string of the molecule is COC(CO)CCn1cc(C(N)=O)c2c(N)nc(C)nc21. The molecule has 114 valence electrons. The number of amides is 1. The van der Waals surface area contributed by atoms with Gasteiger partial charge in [0.1, 0.15) is 17.3 Å². The number of carbonyl (C=O) groups is 1. The Hall–Kier alpha value is -2.19. The molecule has 2 rings (SSSR count). The zero-order valence-electron chi connectivity index (χ0n) is 12.0. The smallest absolute Gasteiger partial charge is 0.251 e. The van der Waals surface area contributed by atoms with Gasteiger partial charge in [-0.3, -0.25) is 4.79 Å². The lowest BCUT2D eigenvalue weighted by molar-refractivity contribution is 0.0405. The molecule has 0 saturated carbocycles. The van der Waals surface area contributed by atoms with E-state index in [4.69, 9.17) is 21.3 Å². The highest BCUT2D eigenvalue weighted by molar-refractivity contribution is 6.08. The Balaban J connectivity index is 2.46. The summed E-state index contributed by atoms with van der Waals surface area (Å²) < 4.78 is 6.90. The summed E-state index contributed by atoms with van der Waals surface area (Å²) in [5, 5.41) is 9.61. The van der Waals surface area contributed by atoms with E-state index in [1.807, 2.05) is 0 Å². The predicted molar refractivity (Wildman–Crippen MR) is 77.7 cm³/mol. The summed E-state index contributed by atoms with van der Waals surface area (Å²) in [7, 11) is 1.54. The largest absolute Gasteiger partial charge is 0.394 e. The van der Waals surface area contributed by atoms with E-state index in [-0.39, 0.29) is 18.5 Å². The standard InChI is InChI=1S/C13H19N5O3/c1-7-16-11(14)10-9(12(15)20)5-18(13(10)17-7)4-3-8(6-19)21-2/h5,8,19H,3-4,6H2,1-2H3,(H2,15,20)(H2,14,16,17). The third-order valence-electron chi connectivity index (χ3n) is 3.35. The maximum Gasteiger partial charge on any atom is 0.251 e. The van der Waals surface area contributed by atoms with Gasteiger partial charge in [-0.05, 0) is 13.3 Å². The first kappa shape index (κ1) is 15.2. The second-order valence-electron chi connectivity index (χ2n) is 4.78. The minimum Gasteiger partial charge on any atom is -0.394 e. The number of nitrogens with zero attached hydrogens (tertiary/aromatic N) is 3. The summed E-state index contributed by atoms with van der Waals surface area (Å²) in [6.45, 7) is 2.16. The maximum absolute atomic E-state index is 11.5. The van der Waals surface area contributed by atoms with Crippen molar-refractivity contribution in [2.45, 2.75) is 26.0 Å². The van der Waals surface area contributed by atoms with Gasteiger partial charge in [0.2, 0.25) is 0 Å². The monoisotopic (exact) mass is 293 g/mol. The average Bonchev–Trinajstić information content (AvgIpc) is 2.79. The number of nitrogen functional groups attached to an aromatic ring is 1. The van der Waals surface area contributed by atoms with Gasteiger partial charge in [0.15, 0.2) is 0 Å². The van der Waals surface area contributed by atoms with Crippen molar-refractivity contribution >= 4 is 22.8 Å². The number of methoxy groups -OCH3 is 1. The first-order valence-corrected chi connectivity index (χ1v) is 6.54. The molecule has 0 radical (unpaired) electrons. The maximum atomic E-state index is 11.5. The van der Waals surface area contributed by atoms with Crippen LogP contribution in [0.1, 0.15) is 22.6 Å². The van der Waals surface area contributed by atoms with E-state index in [0.717, 1.165) is 0 Å². The molecular formula is C13H19N5O3. The third-order valence-corrected chi connectivity index (χ3v) is 3.35. The number of fused-ring (bicyclic) bond motifs is 1. The molecule has 0 saturated heterocycles. The molecule has 2 heterocycles. The number of primary amides is 1. The van der Waals surface area contributed by atoms with Crippen LogP contribution in [0.25, 0.3) is 11.0 Å². The zero-order valence-corrected chi connectivity index (χ0v) is 12.0. The molecule has 0 spiro atoms. The number of hydrogen-bond donors (Lipinski definition) is 3. The first-order chi connectivity index (χ1) is 9.97. The van der Waals surface area contributed by atoms with Crippen molar-refractivity contribution in [3.05, 3.63) is 17.6 Å². The summed E-state index contributed by atoms with van der Waals surface area (Å²) in [5.41, 5.74) is 12.1. The molecule has 1 unspecified atom stereocenters. The fraction of sp³-hybridized carbons (Fsp3) is 0.462. The number of aromatic nitrogens is 3. The van der Waals surface area contributed by atoms with E-state index >= 15 is 0 Å². The quantitative estimate of drug-likeness (QED) is 0.677. The molecular weight excluding hydrogens is 274 g/mol. The molecule has 0 aliphatic rings. The van der Waals surface area contributed by atoms with Crippen molar-refractivity contribution in [2.24, 2.45) is 5.73 Å². The number of aryl methyl sites for hydroxylation is 2. The van der Waals surface area contributed by atoms with Crippen molar-refractivity contribution in [2.75, 3.05) is 19.5 Å². The number of hydrogen-bond acceptors (Lipinski definition) is 6. The number of rotatable bonds is 6. The lowest BCUT2D eigenvalue weighted by Gasteiger charge is -2.12. The Bertz CT molecular complexity index is 663. The molecule has 0 aliphatic heterocycles. The molecule has 2 aromatic rings. The van der Waals surface area contributed by atoms with Crippen LogP contribution < -0.4 is 11.5 Å². The first-order valence-electron chi connectivity index (χ1n) is 6.54. The van der Waals surface area contributed by atoms with Gasteiger partial charge in [0, 0.05) is 19.9 Å². The molecule has 1 atom stereocenters. The summed E-state index contributed by atoms with van der Waals surface area (Å²) in [4.78, 5) is 19.9. The van der Waals surface area contributed by atoms with Crippen molar-refractivity contribution in [3.63, 3.8) is 0 Å². The van der Waals surface area contributed by atoms with Crippen molar-refractivity contribution in [1.82, 2.24) is 14.5 Å². The fourth-order valence-electron chi connectivity index (χ4n) is 2.25. The van der Waals surface area contributed by atoms with Crippen LogP contribution in [0.3, 0.4) is 0 Å². The molecule has 2 aromatic heterocycles. The van der Waals surface area contributed by atoms with Gasteiger partial charge in [0.05, 0.1) is 23.7 Å². The highest BCUT2D eigenvalue weighted by atomic mass is 16.5. The Morgan fingerprint density at radius 2 is 2.24 bits per heavy atom. The van der Waals surface area contributed by atoms with Gasteiger partial charge in [-0.1, -0.05) is 0 Å². The van der Waals surface area contributed by atoms with Gasteiger partial charge in [-0.2, -0.15) is 0 Å². The number of carbonyl (C=O) groups excluding carboxylic acids is 1. The lowest BCUT2D eigenvalue weighted by atomic mass is 10.2. The summed E-state index contributed by atoms with van der Waals surface area (Å²) in [6.07, 6.45) is 1.90. The van der Waals surface area contributed by atoms with Gasteiger partial charge in [-0.25, -0.2) is 9.97 Å². The van der Waals surface area contributed by atoms with Crippen molar-refractivity contribution < 1.29 is 14.6 Å². The third kappa shape index (κ3) is 2.96. The number of aliphatic hydroxyl groups excluding tert-OH is 1. The molecule has 0 aliphatic carbocycles. The Morgan fingerprint density at radius 3 is 2.81 bits per heavy atom. The Kier molecular flexibility index (Phi) is 4.39. The van der Waals surface area contributed by atoms with E-state index < -0.39 is 5.91 Å². The minimum atomic E-state index is -0.580. The summed E-state index contributed by atoms with van der Waals surface area (Å²) in [6, 6.07) is 0. The predicted octanol–water partition coefficient (Wildman–Crippen LogP) is -0.182. The Morgan fingerprint density at radius 1 is 1.52 bits per heavy atom. The van der Waals surface area contributed by atoms with E-state index in [1.165, 1.54) is 7.11 Å². The molecule has 21 heavy (non-hydrogen) atoms. The summed E-state index contributed by atoms with van der Waals surface area (Å²) in [5.74, 6) is 0.166. The minimum absolute atomic E-state index is 0.0749. The van der Waals surface area contributed by atoms with E-state index in [1.54, 1.807) is 17.7 Å². The van der Waals surface area contributed by atoms with Crippen LogP contribution in [0.15, 0.2) is 6.20 Å². The van der Waals surface area contributed by atoms with Crippen LogP contribution in [0.5, 0.6) is 0 Å². The summed E-state index contributed by atoms with van der Waals surface area (Å²) >= 11 is 0. The van der Waals surface area contributed by atoms with Crippen LogP contribution in [-0.2, 0) is 11.3 Å². The number of aliphatic hydroxyl groups is 1. The Labute approximate surface area is 121 Å². The average molecular weight is 293 g/mol. The fourth-order valence-corrected chi connectivity index (χ4v) is 2.25. The van der Waals surface area contributed by atoms with Crippen molar-refractivity contribution in [1.29, 1.82) is 0 Å². The number of ether oxygens (including phenoxy) is 1. The van der Waals surface area contributed by atoms with Crippen LogP contribution >= 0.6 is 0 Å². The van der Waals surface area contributed by atoms with Gasteiger partial charge < -0.3 is 25.9 Å². The second-order valence-corrected chi connectivity index (χ2v) is 4.78. The molecule has 8 nitrogen and oxygen atoms in total. The highest BCUT2D eigenvalue weighted by Crippen LogP contribution is 2.24. The molecule has 0 bridgehead atoms. The van der Waals surface area contributed by atoms with Gasteiger partial charge in [0.25, 0.3) is 5.91 Å². The lowest BCUT2D eigenvalue weighted by Crippen LogP contribution is -2.18. The van der Waals surface area contributed by atoms with Gasteiger partial charge >= 0.3 is 0 Å². The van der Waals surface area contributed by atoms with Crippen LogP contribution in [0.4, 0.5) is 5.82 Å². The zero-order chi connectivity index (χ0) is 15.6. The van der Waals surface area contributed by atoms with Crippen LogP contribution in [0, 0.1) is 6.92 Å². The molecule has 0 fully saturated rings. The van der Waals surface area contributed by atoms with Crippen LogP contribution in [0.2, 0.25) is 0 Å². The molecule has 0 aromatic carbocycles. The molecule has 8 heteroatoms. The normalized spacial score (nSPS) is 12.7. The van der Waals surface area contributed by atoms with E-state index in [9.17, 15) is 4.79 Å². The second kappa shape index (κ2) is 6.06. The highest BCUT2D eigenvalue weighted by Gasteiger charge is 2.18. The number of nitrogens with two attached hydrogens (primary N) is 2. The van der Waals surface area contributed by atoms with Crippen LogP contribution in [-0.4, -0.2) is 45.4 Å². The van der Waals surface area contributed by atoms with Crippen molar-refractivity contribution in [3.8, 4) is 0 Å². The van der Waals surface area contributed by atoms with E-state index in [0.29, 0.717) is 35.4 Å². The molecule has 1 amide bonds. The molecule has 5 N–H and O–H groups in total. The topological polar surface area (TPSA) is 129 Å².